The number of alkyl carbamates (subject to hydrolysis) is 1. The first-order valence-corrected chi connectivity index (χ1v) is 9.92. The lowest BCUT2D eigenvalue weighted by molar-refractivity contribution is -0.138. The molecule has 1 N–H and O–H groups in total. The van der Waals surface area contributed by atoms with Crippen LogP contribution in [0, 0.1) is 5.92 Å². The Morgan fingerprint density at radius 3 is 2.32 bits per heavy atom. The Labute approximate surface area is 149 Å². The molecule has 0 spiro atoms. The van der Waals surface area contributed by atoms with E-state index in [1.54, 1.807) is 4.90 Å². The maximum Gasteiger partial charge on any atom is 0.408 e. The second-order valence-electron chi connectivity index (χ2n) is 7.71. The van der Waals surface area contributed by atoms with Gasteiger partial charge >= 0.3 is 6.09 Å². The van der Waals surface area contributed by atoms with Gasteiger partial charge in [0.15, 0.2) is 0 Å². The summed E-state index contributed by atoms with van der Waals surface area (Å²) in [5.74, 6) is 0.0372. The number of nitrogens with zero attached hydrogens (tertiary/aromatic N) is 1. The van der Waals surface area contributed by atoms with Crippen molar-refractivity contribution in [1.82, 2.24) is 10.2 Å². The monoisotopic (exact) mass is 350 g/mol. The fraction of sp³-hybridized carbons (Fsp3) is 0.842. The van der Waals surface area contributed by atoms with Gasteiger partial charge in [0.25, 0.3) is 0 Å². The van der Waals surface area contributed by atoms with Crippen molar-refractivity contribution in [3.05, 3.63) is 0 Å². The number of hydrogen-bond acceptors (Lipinski definition) is 4. The van der Waals surface area contributed by atoms with Crippen molar-refractivity contribution in [3.8, 4) is 0 Å². The number of nitrogens with one attached hydrogen (secondary N) is 1. The van der Waals surface area contributed by atoms with Crippen molar-refractivity contribution < 1.29 is 19.1 Å². The number of likely N-dealkylation sites (tertiary alicyclic amines) is 1. The highest BCUT2D eigenvalue weighted by atomic mass is 16.6. The van der Waals surface area contributed by atoms with Gasteiger partial charge in [0.2, 0.25) is 5.91 Å². The molecule has 1 heterocycles. The minimum absolute atomic E-state index is 0.0170. The van der Waals surface area contributed by atoms with Gasteiger partial charge in [-0.15, -0.1) is 0 Å². The minimum Gasteiger partial charge on any atom is -0.446 e. The molecule has 25 heavy (non-hydrogen) atoms. The Kier molecular flexibility index (Phi) is 6.32. The van der Waals surface area contributed by atoms with Crippen LogP contribution >= 0.6 is 0 Å². The van der Waals surface area contributed by atoms with Gasteiger partial charge in [0, 0.05) is 6.54 Å². The van der Waals surface area contributed by atoms with E-state index in [9.17, 15) is 14.4 Å². The van der Waals surface area contributed by atoms with Crippen LogP contribution in [0.1, 0.15) is 70.6 Å². The maximum absolute atomic E-state index is 13.1. The zero-order chi connectivity index (χ0) is 17.6. The lowest BCUT2D eigenvalue weighted by Gasteiger charge is -2.33. The van der Waals surface area contributed by atoms with Crippen LogP contribution in [0.5, 0.6) is 0 Å². The van der Waals surface area contributed by atoms with Gasteiger partial charge in [0.05, 0.1) is 6.04 Å². The summed E-state index contributed by atoms with van der Waals surface area (Å²) in [6, 6.07) is -0.902. The first-order chi connectivity index (χ1) is 12.2. The molecule has 3 aliphatic rings. The second kappa shape index (κ2) is 8.68. The quantitative estimate of drug-likeness (QED) is 0.774. The molecule has 6 nitrogen and oxygen atoms in total. The van der Waals surface area contributed by atoms with E-state index in [-0.39, 0.29) is 24.0 Å². The summed E-state index contributed by atoms with van der Waals surface area (Å²) in [5, 5.41) is 2.87. The Morgan fingerprint density at radius 1 is 0.960 bits per heavy atom. The Morgan fingerprint density at radius 2 is 1.64 bits per heavy atom. The van der Waals surface area contributed by atoms with Crippen LogP contribution in [0.15, 0.2) is 0 Å². The van der Waals surface area contributed by atoms with E-state index in [2.05, 4.69) is 5.32 Å². The molecule has 3 fully saturated rings. The number of carbonyl (C=O) groups is 3. The highest BCUT2D eigenvalue weighted by Crippen LogP contribution is 2.29. The minimum atomic E-state index is -0.560. The Hall–Kier alpha value is -1.59. The topological polar surface area (TPSA) is 75.7 Å². The van der Waals surface area contributed by atoms with Crippen molar-refractivity contribution in [2.24, 2.45) is 5.92 Å². The summed E-state index contributed by atoms with van der Waals surface area (Å²) in [7, 11) is 0. The molecule has 0 aromatic heterocycles. The number of hydrogen-bond donors (Lipinski definition) is 1. The van der Waals surface area contributed by atoms with Gasteiger partial charge in [-0.1, -0.05) is 19.3 Å². The molecule has 2 amide bonds. The van der Waals surface area contributed by atoms with E-state index in [0.29, 0.717) is 6.54 Å². The van der Waals surface area contributed by atoms with Gasteiger partial charge in [-0.25, -0.2) is 4.79 Å². The molecule has 6 heteroatoms. The molecule has 0 aromatic rings. The van der Waals surface area contributed by atoms with Crippen molar-refractivity contribution in [1.29, 1.82) is 0 Å². The zero-order valence-electron chi connectivity index (χ0n) is 15.0. The van der Waals surface area contributed by atoms with Crippen LogP contribution in [0.2, 0.25) is 0 Å². The molecule has 140 valence electrons. The van der Waals surface area contributed by atoms with Crippen molar-refractivity contribution in [3.63, 3.8) is 0 Å². The van der Waals surface area contributed by atoms with Gasteiger partial charge in [0.1, 0.15) is 18.4 Å². The molecule has 2 aliphatic carbocycles. The smallest absolute Gasteiger partial charge is 0.408 e. The highest BCUT2D eigenvalue weighted by molar-refractivity contribution is 5.88. The van der Waals surface area contributed by atoms with Crippen molar-refractivity contribution >= 4 is 18.3 Å². The van der Waals surface area contributed by atoms with Crippen molar-refractivity contribution in [2.45, 2.75) is 88.8 Å². The molecule has 0 aromatic carbocycles. The van der Waals surface area contributed by atoms with Gasteiger partial charge in [-0.3, -0.25) is 4.79 Å². The summed E-state index contributed by atoms with van der Waals surface area (Å²) < 4.78 is 5.51. The van der Waals surface area contributed by atoms with Crippen LogP contribution in [-0.4, -0.2) is 47.9 Å². The van der Waals surface area contributed by atoms with Gasteiger partial charge in [-0.05, 0) is 57.3 Å². The standard InChI is InChI=1S/C19H30N2O4/c22-13-15-9-6-12-21(15)18(23)17(14-7-2-1-3-8-14)20-19(24)25-16-10-4-5-11-16/h13-17H,1-12H2,(H,20,24). The molecular weight excluding hydrogens is 320 g/mol. The summed E-state index contributed by atoms with van der Waals surface area (Å²) in [5.41, 5.74) is 0. The molecule has 2 unspecified atom stereocenters. The molecule has 1 saturated heterocycles. The van der Waals surface area contributed by atoms with E-state index in [4.69, 9.17) is 4.74 Å². The highest BCUT2D eigenvalue weighted by Gasteiger charge is 2.38. The fourth-order valence-electron chi connectivity index (χ4n) is 4.55. The second-order valence-corrected chi connectivity index (χ2v) is 7.71. The third-order valence-electron chi connectivity index (χ3n) is 5.98. The molecule has 0 bridgehead atoms. The summed E-state index contributed by atoms with van der Waals surface area (Å²) in [6.45, 7) is 0.602. The molecule has 1 aliphatic heterocycles. The third kappa shape index (κ3) is 4.53. The number of carbonyl (C=O) groups excluding carboxylic acids is 3. The maximum atomic E-state index is 13.1. The molecule has 3 rings (SSSR count). The summed E-state index contributed by atoms with van der Waals surface area (Å²) in [6.07, 6.45) is 11.2. The summed E-state index contributed by atoms with van der Waals surface area (Å²) >= 11 is 0. The first kappa shape index (κ1) is 18.2. The van der Waals surface area contributed by atoms with Gasteiger partial charge in [-0.2, -0.15) is 0 Å². The third-order valence-corrected chi connectivity index (χ3v) is 5.98. The van der Waals surface area contributed by atoms with E-state index < -0.39 is 12.1 Å². The van der Waals surface area contributed by atoms with E-state index in [0.717, 1.165) is 70.5 Å². The van der Waals surface area contributed by atoms with Crippen LogP contribution < -0.4 is 5.32 Å². The fourth-order valence-corrected chi connectivity index (χ4v) is 4.55. The molecular formula is C19H30N2O4. The normalized spacial score (nSPS) is 26.4. The Balaban J connectivity index is 1.66. The number of ether oxygens (including phenoxy) is 1. The first-order valence-electron chi connectivity index (χ1n) is 9.92. The summed E-state index contributed by atoms with van der Waals surface area (Å²) in [4.78, 5) is 38.4. The number of amides is 2. The number of aldehydes is 1. The average molecular weight is 350 g/mol. The average Bonchev–Trinajstić information content (AvgIpc) is 3.31. The zero-order valence-corrected chi connectivity index (χ0v) is 15.0. The molecule has 0 radical (unpaired) electrons. The van der Waals surface area contributed by atoms with E-state index >= 15 is 0 Å². The van der Waals surface area contributed by atoms with Crippen LogP contribution in [-0.2, 0) is 14.3 Å². The predicted octanol–water partition coefficient (Wildman–Crippen LogP) is 2.79. The molecule has 2 saturated carbocycles. The van der Waals surface area contributed by atoms with Crippen molar-refractivity contribution in [2.75, 3.05) is 6.54 Å². The van der Waals surface area contributed by atoms with E-state index in [1.165, 1.54) is 6.42 Å². The van der Waals surface area contributed by atoms with Gasteiger partial charge < -0.3 is 19.7 Å². The SMILES string of the molecule is O=CC1CCCN1C(=O)C(NC(=O)OC1CCCC1)C1CCCCC1. The predicted molar refractivity (Wildman–Crippen MR) is 93.0 cm³/mol. The van der Waals surface area contributed by atoms with Crippen LogP contribution in [0.4, 0.5) is 4.79 Å². The number of rotatable bonds is 5. The van der Waals surface area contributed by atoms with Crippen LogP contribution in [0.25, 0.3) is 0 Å². The van der Waals surface area contributed by atoms with Crippen LogP contribution in [0.3, 0.4) is 0 Å². The lowest BCUT2D eigenvalue weighted by atomic mass is 9.83. The molecule has 2 atom stereocenters. The Bertz CT molecular complexity index is 484. The lowest BCUT2D eigenvalue weighted by Crippen LogP contribution is -2.54. The largest absolute Gasteiger partial charge is 0.446 e. The van der Waals surface area contributed by atoms with E-state index in [1.807, 2.05) is 0 Å².